The number of rotatable bonds is 6. The molecule has 0 aliphatic carbocycles. The topological polar surface area (TPSA) is 67.2 Å². The average Bonchev–Trinajstić information content (AvgIpc) is 2.48. The van der Waals surface area contributed by atoms with Crippen molar-refractivity contribution in [3.63, 3.8) is 0 Å². The minimum Gasteiger partial charge on any atom is -0.465 e. The van der Waals surface area contributed by atoms with Crippen LogP contribution in [0.5, 0.6) is 0 Å². The lowest BCUT2D eigenvalue weighted by molar-refractivity contribution is -0.148. The highest BCUT2D eigenvalue weighted by Gasteiger charge is 2.43. The molecule has 1 rings (SSSR count). The molecular weight excluding hydrogens is 311 g/mol. The lowest BCUT2D eigenvalue weighted by Gasteiger charge is -2.25. The highest BCUT2D eigenvalue weighted by atomic mass is 19.4. The van der Waals surface area contributed by atoms with Gasteiger partial charge in [0.15, 0.2) is 5.41 Å². The van der Waals surface area contributed by atoms with E-state index in [0.717, 1.165) is 18.2 Å². The van der Waals surface area contributed by atoms with Crippen LogP contribution in [0.2, 0.25) is 0 Å². The van der Waals surface area contributed by atoms with Crippen LogP contribution in [0.4, 0.5) is 13.2 Å². The molecule has 0 bridgehead atoms. The van der Waals surface area contributed by atoms with Crippen LogP contribution in [0.1, 0.15) is 37.8 Å². The number of benzene rings is 1. The van der Waals surface area contributed by atoms with Crippen LogP contribution in [0.3, 0.4) is 0 Å². The van der Waals surface area contributed by atoms with Gasteiger partial charge in [0.25, 0.3) is 0 Å². The minimum atomic E-state index is -4.60. The largest absolute Gasteiger partial charge is 0.465 e. The third kappa shape index (κ3) is 4.31. The summed E-state index contributed by atoms with van der Waals surface area (Å²) >= 11 is 0. The lowest BCUT2D eigenvalue weighted by Crippen LogP contribution is -2.37. The number of carbonyl (C=O) groups is 2. The Morgan fingerprint density at radius 1 is 1.26 bits per heavy atom. The van der Waals surface area contributed by atoms with Gasteiger partial charge in [0.2, 0.25) is 0 Å². The molecule has 0 spiro atoms. The summed E-state index contributed by atoms with van der Waals surface area (Å²) in [7, 11) is 0. The molecule has 0 aliphatic heterocycles. The quantitative estimate of drug-likeness (QED) is 0.751. The predicted octanol–water partition coefficient (Wildman–Crippen LogP) is 3.40. The Labute approximate surface area is 131 Å². The number of nitrogens with zero attached hydrogens (tertiary/aromatic N) is 1. The van der Waals surface area contributed by atoms with Crippen molar-refractivity contribution in [2.45, 2.75) is 38.3 Å². The molecule has 124 valence electrons. The Kier molecular flexibility index (Phi) is 5.91. The maximum atomic E-state index is 12.9. The first-order valence-electron chi connectivity index (χ1n) is 6.93. The maximum absolute atomic E-state index is 12.9. The molecule has 23 heavy (non-hydrogen) atoms. The Hall–Kier alpha value is -2.36. The second-order valence-electron chi connectivity index (χ2n) is 5.02. The molecule has 4 nitrogen and oxygen atoms in total. The second-order valence-corrected chi connectivity index (χ2v) is 5.02. The van der Waals surface area contributed by atoms with Crippen molar-refractivity contribution in [3.8, 4) is 6.07 Å². The fourth-order valence-corrected chi connectivity index (χ4v) is 2.11. The van der Waals surface area contributed by atoms with Gasteiger partial charge in [-0.25, -0.2) is 4.79 Å². The molecule has 7 heteroatoms. The molecule has 0 saturated heterocycles. The van der Waals surface area contributed by atoms with Gasteiger partial charge in [-0.15, -0.1) is 0 Å². The molecule has 0 unspecified atom stereocenters. The zero-order valence-corrected chi connectivity index (χ0v) is 12.7. The van der Waals surface area contributed by atoms with Crippen molar-refractivity contribution < 1.29 is 27.5 Å². The number of nitriles is 1. The van der Waals surface area contributed by atoms with Crippen LogP contribution in [-0.4, -0.2) is 18.4 Å². The van der Waals surface area contributed by atoms with E-state index in [4.69, 9.17) is 4.74 Å². The third-order valence-corrected chi connectivity index (χ3v) is 3.35. The number of Topliss-reactive ketones (excluding diaryl/α,β-unsaturated/α-hetero) is 1. The molecule has 0 aliphatic rings. The first-order chi connectivity index (χ1) is 10.7. The molecule has 0 radical (unpaired) electrons. The lowest BCUT2D eigenvalue weighted by atomic mass is 9.77. The Morgan fingerprint density at radius 2 is 1.87 bits per heavy atom. The number of hydrogen-bond acceptors (Lipinski definition) is 4. The van der Waals surface area contributed by atoms with Crippen molar-refractivity contribution >= 4 is 11.8 Å². The molecule has 0 fully saturated rings. The van der Waals surface area contributed by atoms with E-state index >= 15 is 0 Å². The molecular formula is C16H16F3NO3. The fraction of sp³-hybridized carbons (Fsp3) is 0.438. The number of halogens is 3. The van der Waals surface area contributed by atoms with E-state index in [-0.39, 0.29) is 30.8 Å². The summed E-state index contributed by atoms with van der Waals surface area (Å²) in [6.07, 6.45) is -4.96. The normalized spacial score (nSPS) is 13.7. The molecule has 0 amide bonds. The predicted molar refractivity (Wildman–Crippen MR) is 75.3 cm³/mol. The average molecular weight is 327 g/mol. The SMILES string of the molecule is CCOC(=O)[C@@](C#N)(CCC(C)=O)c1cccc(C(F)(F)F)c1. The number of alkyl halides is 3. The fourth-order valence-electron chi connectivity index (χ4n) is 2.11. The van der Waals surface area contributed by atoms with Crippen LogP contribution in [0, 0.1) is 11.3 Å². The maximum Gasteiger partial charge on any atom is 0.416 e. The summed E-state index contributed by atoms with van der Waals surface area (Å²) in [4.78, 5) is 23.4. The van der Waals surface area contributed by atoms with Crippen molar-refractivity contribution in [2.24, 2.45) is 0 Å². The number of carbonyl (C=O) groups excluding carboxylic acids is 2. The van der Waals surface area contributed by atoms with E-state index in [2.05, 4.69) is 0 Å². The van der Waals surface area contributed by atoms with Gasteiger partial charge in [0.1, 0.15) is 5.78 Å². The van der Waals surface area contributed by atoms with E-state index in [0.29, 0.717) is 0 Å². The first-order valence-corrected chi connectivity index (χ1v) is 6.93. The number of ether oxygens (including phenoxy) is 1. The molecule has 1 aromatic rings. The van der Waals surface area contributed by atoms with Crippen LogP contribution in [0.15, 0.2) is 24.3 Å². The smallest absolute Gasteiger partial charge is 0.416 e. The minimum absolute atomic E-state index is 0.0265. The Balaban J connectivity index is 3.42. The molecule has 1 atom stereocenters. The van der Waals surface area contributed by atoms with E-state index in [1.165, 1.54) is 19.9 Å². The highest BCUT2D eigenvalue weighted by Crippen LogP contribution is 2.35. The van der Waals surface area contributed by atoms with Gasteiger partial charge in [-0.1, -0.05) is 12.1 Å². The summed E-state index contributed by atoms with van der Waals surface area (Å²) in [5.74, 6) is -1.23. The number of ketones is 1. The highest BCUT2D eigenvalue weighted by molar-refractivity contribution is 5.88. The molecule has 0 heterocycles. The van der Waals surface area contributed by atoms with Gasteiger partial charge in [0.05, 0.1) is 18.2 Å². The summed E-state index contributed by atoms with van der Waals surface area (Å²) in [5.41, 5.74) is -3.04. The zero-order valence-electron chi connectivity index (χ0n) is 12.7. The molecule has 0 aromatic heterocycles. The van der Waals surface area contributed by atoms with Crippen LogP contribution < -0.4 is 0 Å². The van der Waals surface area contributed by atoms with Gasteiger partial charge >= 0.3 is 12.1 Å². The van der Waals surface area contributed by atoms with Gasteiger partial charge in [0, 0.05) is 6.42 Å². The van der Waals surface area contributed by atoms with Crippen molar-refractivity contribution in [1.82, 2.24) is 0 Å². The summed E-state index contributed by atoms with van der Waals surface area (Å²) in [5, 5.41) is 9.49. The Bertz CT molecular complexity index is 634. The number of esters is 1. The molecule has 1 aromatic carbocycles. The standard InChI is InChI=1S/C16H16F3NO3/c1-3-23-14(22)15(10-20,8-7-11(2)21)12-5-4-6-13(9-12)16(17,18)19/h4-6,9H,3,7-8H2,1-2H3/t15-/m1/s1. The number of hydrogen-bond donors (Lipinski definition) is 0. The van der Waals surface area contributed by atoms with Crippen molar-refractivity contribution in [3.05, 3.63) is 35.4 Å². The molecule has 0 saturated carbocycles. The zero-order chi connectivity index (χ0) is 17.7. The first kappa shape index (κ1) is 18.7. The van der Waals surface area contributed by atoms with Crippen molar-refractivity contribution in [1.29, 1.82) is 5.26 Å². The summed E-state index contributed by atoms with van der Waals surface area (Å²) < 4.78 is 43.5. The van der Waals surface area contributed by atoms with Crippen LogP contribution >= 0.6 is 0 Å². The Morgan fingerprint density at radius 3 is 2.35 bits per heavy atom. The third-order valence-electron chi connectivity index (χ3n) is 3.35. The van der Waals surface area contributed by atoms with Gasteiger partial charge in [-0.2, -0.15) is 18.4 Å². The van der Waals surface area contributed by atoms with E-state index in [1.807, 2.05) is 0 Å². The van der Waals surface area contributed by atoms with Crippen LogP contribution in [0.25, 0.3) is 0 Å². The van der Waals surface area contributed by atoms with E-state index in [9.17, 15) is 28.0 Å². The molecule has 0 N–H and O–H groups in total. The van der Waals surface area contributed by atoms with Crippen LogP contribution in [-0.2, 0) is 25.9 Å². The second kappa shape index (κ2) is 7.27. The van der Waals surface area contributed by atoms with Gasteiger partial charge < -0.3 is 9.53 Å². The van der Waals surface area contributed by atoms with Gasteiger partial charge in [-0.05, 0) is 38.0 Å². The van der Waals surface area contributed by atoms with E-state index in [1.54, 1.807) is 6.07 Å². The summed E-state index contributed by atoms with van der Waals surface area (Å²) in [6.45, 7) is 2.78. The van der Waals surface area contributed by atoms with E-state index < -0.39 is 23.1 Å². The van der Waals surface area contributed by atoms with Crippen molar-refractivity contribution in [2.75, 3.05) is 6.61 Å². The van der Waals surface area contributed by atoms with Gasteiger partial charge in [-0.3, -0.25) is 0 Å². The summed E-state index contributed by atoms with van der Waals surface area (Å²) in [6, 6.07) is 5.74. The monoisotopic (exact) mass is 327 g/mol.